The second kappa shape index (κ2) is 6.54. The number of carbonyl (C=O) groups is 1. The van der Waals surface area contributed by atoms with Crippen LogP contribution in [-0.4, -0.2) is 22.7 Å². The fourth-order valence-corrected chi connectivity index (χ4v) is 1.92. The fraction of sp³-hybridized carbons (Fsp3) is 0.267. The highest BCUT2D eigenvalue weighted by atomic mass is 35.5. The second-order valence-electron chi connectivity index (χ2n) is 4.77. The van der Waals surface area contributed by atoms with Crippen LogP contribution in [0.25, 0.3) is 0 Å². The van der Waals surface area contributed by atoms with Crippen molar-refractivity contribution in [3.05, 3.63) is 46.1 Å². The maximum absolute atomic E-state index is 11.8. The average Bonchev–Trinajstić information content (AvgIpc) is 2.43. The van der Waals surface area contributed by atoms with Gasteiger partial charge in [-0.2, -0.15) is 5.10 Å². The molecule has 110 valence electrons. The molecule has 0 aliphatic rings. The van der Waals surface area contributed by atoms with Crippen LogP contribution in [0.5, 0.6) is 5.88 Å². The molecule has 0 bridgehead atoms. The van der Waals surface area contributed by atoms with Crippen LogP contribution in [0.15, 0.2) is 24.3 Å². The van der Waals surface area contributed by atoms with Crippen LogP contribution in [0.4, 0.5) is 5.69 Å². The zero-order chi connectivity index (χ0) is 15.4. The Morgan fingerprint density at radius 2 is 2.00 bits per heavy atom. The normalized spacial score (nSPS) is 10.3. The van der Waals surface area contributed by atoms with Crippen LogP contribution >= 0.6 is 11.6 Å². The molecule has 1 aromatic carbocycles. The van der Waals surface area contributed by atoms with Gasteiger partial charge in [-0.3, -0.25) is 4.79 Å². The van der Waals surface area contributed by atoms with E-state index in [1.54, 1.807) is 18.2 Å². The number of nitrogens with zero attached hydrogens (tertiary/aromatic N) is 2. The summed E-state index contributed by atoms with van der Waals surface area (Å²) in [5.74, 6) is 0.0176. The molecule has 21 heavy (non-hydrogen) atoms. The van der Waals surface area contributed by atoms with Crippen LogP contribution in [0.1, 0.15) is 16.8 Å². The fourth-order valence-electron chi connectivity index (χ4n) is 1.64. The van der Waals surface area contributed by atoms with E-state index in [9.17, 15) is 4.79 Å². The number of amides is 1. The first kappa shape index (κ1) is 15.3. The minimum Gasteiger partial charge on any atom is -0.466 e. The van der Waals surface area contributed by atoms with Crippen LogP contribution < -0.4 is 10.1 Å². The third kappa shape index (κ3) is 4.16. The number of nitrogens with one attached hydrogen (secondary N) is 1. The predicted molar refractivity (Wildman–Crippen MR) is 81.8 cm³/mol. The summed E-state index contributed by atoms with van der Waals surface area (Å²) in [6, 6.07) is 7.16. The Hall–Kier alpha value is -2.14. The molecule has 1 amide bonds. The highest BCUT2D eigenvalue weighted by Gasteiger charge is 2.08. The van der Waals surface area contributed by atoms with Crippen molar-refractivity contribution in [3.8, 4) is 5.88 Å². The van der Waals surface area contributed by atoms with Crippen molar-refractivity contribution in [1.82, 2.24) is 10.2 Å². The molecule has 0 fully saturated rings. The molecule has 5 nitrogen and oxygen atoms in total. The van der Waals surface area contributed by atoms with E-state index >= 15 is 0 Å². The number of halogens is 1. The largest absolute Gasteiger partial charge is 0.466 e. The summed E-state index contributed by atoms with van der Waals surface area (Å²) in [6.07, 6.45) is 0. The maximum atomic E-state index is 11.8. The van der Waals surface area contributed by atoms with Crippen LogP contribution in [0.2, 0.25) is 5.02 Å². The molecule has 1 N–H and O–H groups in total. The van der Waals surface area contributed by atoms with E-state index in [0.717, 1.165) is 16.8 Å². The van der Waals surface area contributed by atoms with Gasteiger partial charge in [0.2, 0.25) is 5.88 Å². The molecular weight excluding hydrogens is 290 g/mol. The lowest BCUT2D eigenvalue weighted by Gasteiger charge is -2.09. The van der Waals surface area contributed by atoms with E-state index in [-0.39, 0.29) is 12.5 Å². The van der Waals surface area contributed by atoms with E-state index in [1.807, 2.05) is 26.8 Å². The first-order valence-corrected chi connectivity index (χ1v) is 6.83. The quantitative estimate of drug-likeness (QED) is 0.943. The minimum absolute atomic E-state index is 0.151. The molecule has 1 aromatic heterocycles. The van der Waals surface area contributed by atoms with Gasteiger partial charge >= 0.3 is 0 Å². The number of carbonyl (C=O) groups excluding carboxylic acids is 1. The lowest BCUT2D eigenvalue weighted by atomic mass is 10.2. The molecule has 1 heterocycles. The van der Waals surface area contributed by atoms with Crippen molar-refractivity contribution in [2.45, 2.75) is 20.8 Å². The summed E-state index contributed by atoms with van der Waals surface area (Å²) in [7, 11) is 0. The number of aromatic nitrogens is 2. The van der Waals surface area contributed by atoms with Crippen molar-refractivity contribution < 1.29 is 9.53 Å². The number of aryl methyl sites for hydroxylation is 3. The van der Waals surface area contributed by atoms with Gasteiger partial charge < -0.3 is 10.1 Å². The van der Waals surface area contributed by atoms with Gasteiger partial charge in [0.15, 0.2) is 6.61 Å². The molecule has 0 aliphatic heterocycles. The molecular formula is C15H16ClN3O2. The SMILES string of the molecule is Cc1ccc(NC(=O)COc2cc(C)c(C)nn2)c(Cl)c1. The lowest BCUT2D eigenvalue weighted by molar-refractivity contribution is -0.118. The summed E-state index contributed by atoms with van der Waals surface area (Å²) in [5.41, 5.74) is 3.38. The van der Waals surface area contributed by atoms with Crippen molar-refractivity contribution in [2.75, 3.05) is 11.9 Å². The van der Waals surface area contributed by atoms with Crippen molar-refractivity contribution in [2.24, 2.45) is 0 Å². The number of benzene rings is 1. The molecule has 0 radical (unpaired) electrons. The minimum atomic E-state index is -0.305. The Morgan fingerprint density at radius 1 is 1.24 bits per heavy atom. The van der Waals surface area contributed by atoms with E-state index in [1.165, 1.54) is 0 Å². The standard InChI is InChI=1S/C15H16ClN3O2/c1-9-4-5-13(12(16)6-9)17-14(20)8-21-15-7-10(2)11(3)18-19-15/h4-7H,8H2,1-3H3,(H,17,20). The van der Waals surface area contributed by atoms with Gasteiger partial charge in [0, 0.05) is 6.07 Å². The summed E-state index contributed by atoms with van der Waals surface area (Å²) in [6.45, 7) is 5.54. The number of hydrogen-bond donors (Lipinski definition) is 1. The van der Waals surface area contributed by atoms with Gasteiger partial charge in [-0.15, -0.1) is 5.10 Å². The molecule has 0 saturated heterocycles. The zero-order valence-electron chi connectivity index (χ0n) is 12.1. The van der Waals surface area contributed by atoms with Gasteiger partial charge in [0.1, 0.15) is 0 Å². The molecule has 2 aromatic rings. The third-order valence-corrected chi connectivity index (χ3v) is 3.27. The molecule has 2 rings (SSSR count). The summed E-state index contributed by atoms with van der Waals surface area (Å²) in [4.78, 5) is 11.8. The van der Waals surface area contributed by atoms with Gasteiger partial charge in [-0.05, 0) is 44.0 Å². The van der Waals surface area contributed by atoms with Gasteiger partial charge in [0.05, 0.1) is 16.4 Å². The molecule has 0 spiro atoms. The zero-order valence-corrected chi connectivity index (χ0v) is 12.9. The Morgan fingerprint density at radius 3 is 2.67 bits per heavy atom. The number of rotatable bonds is 4. The maximum Gasteiger partial charge on any atom is 0.262 e. The van der Waals surface area contributed by atoms with E-state index < -0.39 is 0 Å². The molecule has 0 atom stereocenters. The van der Waals surface area contributed by atoms with E-state index in [0.29, 0.717) is 16.6 Å². The Bertz CT molecular complexity index is 674. The number of hydrogen-bond acceptors (Lipinski definition) is 4. The highest BCUT2D eigenvalue weighted by Crippen LogP contribution is 2.22. The van der Waals surface area contributed by atoms with Crippen LogP contribution in [0, 0.1) is 20.8 Å². The molecule has 0 aliphatic carbocycles. The smallest absolute Gasteiger partial charge is 0.262 e. The van der Waals surface area contributed by atoms with Gasteiger partial charge in [0.25, 0.3) is 5.91 Å². The van der Waals surface area contributed by atoms with E-state index in [4.69, 9.17) is 16.3 Å². The van der Waals surface area contributed by atoms with Crippen molar-refractivity contribution in [1.29, 1.82) is 0 Å². The van der Waals surface area contributed by atoms with Crippen molar-refractivity contribution >= 4 is 23.2 Å². The topological polar surface area (TPSA) is 64.1 Å². The highest BCUT2D eigenvalue weighted by molar-refractivity contribution is 6.33. The Kier molecular flexibility index (Phi) is 4.75. The van der Waals surface area contributed by atoms with E-state index in [2.05, 4.69) is 15.5 Å². The van der Waals surface area contributed by atoms with Crippen LogP contribution in [0.3, 0.4) is 0 Å². The van der Waals surface area contributed by atoms with Gasteiger partial charge in [-0.25, -0.2) is 0 Å². The number of anilines is 1. The first-order chi connectivity index (χ1) is 9.95. The summed E-state index contributed by atoms with van der Waals surface area (Å²) >= 11 is 6.05. The molecule has 6 heteroatoms. The lowest BCUT2D eigenvalue weighted by Crippen LogP contribution is -2.20. The second-order valence-corrected chi connectivity index (χ2v) is 5.18. The third-order valence-electron chi connectivity index (χ3n) is 2.96. The summed E-state index contributed by atoms with van der Waals surface area (Å²) in [5, 5.41) is 11.0. The van der Waals surface area contributed by atoms with Gasteiger partial charge in [-0.1, -0.05) is 17.7 Å². The summed E-state index contributed by atoms with van der Waals surface area (Å²) < 4.78 is 5.31. The Labute approximate surface area is 128 Å². The van der Waals surface area contributed by atoms with Crippen LogP contribution in [-0.2, 0) is 4.79 Å². The molecule has 0 unspecified atom stereocenters. The first-order valence-electron chi connectivity index (χ1n) is 6.45. The van der Waals surface area contributed by atoms with Crippen molar-refractivity contribution in [3.63, 3.8) is 0 Å². The molecule has 0 saturated carbocycles. The Balaban J connectivity index is 1.94. The monoisotopic (exact) mass is 305 g/mol. The predicted octanol–water partition coefficient (Wildman–Crippen LogP) is 3.07. The average molecular weight is 306 g/mol. The number of ether oxygens (including phenoxy) is 1.